The van der Waals surface area contributed by atoms with Crippen molar-refractivity contribution in [2.24, 2.45) is 5.92 Å². The van der Waals surface area contributed by atoms with Crippen molar-refractivity contribution < 1.29 is 22.6 Å². The van der Waals surface area contributed by atoms with Crippen LogP contribution in [0, 0.1) is 23.4 Å². The lowest BCUT2D eigenvalue weighted by atomic mass is 9.92. The molecule has 0 amide bonds. The largest absolute Gasteiger partial charge is 0.490 e. The third-order valence-corrected chi connectivity index (χ3v) is 5.41. The molecule has 3 rings (SSSR count). The average molecular weight is 392 g/mol. The average Bonchev–Trinajstić information content (AvgIpc) is 2.71. The maximum absolute atomic E-state index is 14.7. The summed E-state index contributed by atoms with van der Waals surface area (Å²) in [6, 6.07) is 7.30. The minimum atomic E-state index is -1.04. The van der Waals surface area contributed by atoms with Gasteiger partial charge in [0.2, 0.25) is 5.82 Å². The molecule has 2 nitrogen and oxygen atoms in total. The predicted molar refractivity (Wildman–Crippen MR) is 104 cm³/mol. The second-order valence-corrected chi connectivity index (χ2v) is 7.35. The fourth-order valence-electron chi connectivity index (χ4n) is 3.52. The Bertz CT molecular complexity index is 799. The molecular weight excluding hydrogens is 365 g/mol. The molecule has 5 heteroatoms. The summed E-state index contributed by atoms with van der Waals surface area (Å²) in [5.41, 5.74) is 0.778. The van der Waals surface area contributed by atoms with Crippen LogP contribution in [0.25, 0.3) is 11.1 Å². The Labute approximate surface area is 164 Å². The molecule has 0 aromatic heterocycles. The Kier molecular flexibility index (Phi) is 7.00. The van der Waals surface area contributed by atoms with Gasteiger partial charge >= 0.3 is 0 Å². The summed E-state index contributed by atoms with van der Waals surface area (Å²) >= 11 is 0. The Balaban J connectivity index is 1.79. The van der Waals surface area contributed by atoms with Gasteiger partial charge in [-0.05, 0) is 48.9 Å². The monoisotopic (exact) mass is 392 g/mol. The van der Waals surface area contributed by atoms with Crippen molar-refractivity contribution in [3.8, 4) is 16.9 Å². The number of hydrogen-bond acceptors (Lipinski definition) is 2. The van der Waals surface area contributed by atoms with E-state index in [9.17, 15) is 13.2 Å². The first-order valence-electron chi connectivity index (χ1n) is 10.1. The molecule has 2 atom stereocenters. The van der Waals surface area contributed by atoms with Crippen molar-refractivity contribution in [3.05, 3.63) is 53.3 Å². The van der Waals surface area contributed by atoms with Gasteiger partial charge in [0.05, 0.1) is 19.3 Å². The number of halogens is 3. The Morgan fingerprint density at radius 3 is 2.50 bits per heavy atom. The van der Waals surface area contributed by atoms with Gasteiger partial charge in [-0.2, -0.15) is 4.39 Å². The van der Waals surface area contributed by atoms with E-state index in [1.165, 1.54) is 18.2 Å². The van der Waals surface area contributed by atoms with Crippen LogP contribution >= 0.6 is 0 Å². The predicted octanol–water partition coefficient (Wildman–Crippen LogP) is 6.83. The zero-order valence-electron chi connectivity index (χ0n) is 16.4. The highest BCUT2D eigenvalue weighted by Gasteiger charge is 2.25. The first-order valence-corrected chi connectivity index (χ1v) is 10.1. The minimum Gasteiger partial charge on any atom is -0.490 e. The molecule has 1 fully saturated rings. The van der Waals surface area contributed by atoms with E-state index in [0.717, 1.165) is 32.1 Å². The highest BCUT2D eigenvalue weighted by atomic mass is 19.2. The van der Waals surface area contributed by atoms with Crippen molar-refractivity contribution >= 4 is 0 Å². The molecule has 1 saturated heterocycles. The molecule has 0 aliphatic carbocycles. The maximum atomic E-state index is 14.7. The first kappa shape index (κ1) is 20.7. The molecule has 0 radical (unpaired) electrons. The van der Waals surface area contributed by atoms with E-state index in [1.807, 2.05) is 6.92 Å². The van der Waals surface area contributed by atoms with Gasteiger partial charge in [0.15, 0.2) is 11.6 Å². The molecule has 1 heterocycles. The van der Waals surface area contributed by atoms with Crippen molar-refractivity contribution in [2.45, 2.75) is 52.1 Å². The van der Waals surface area contributed by atoms with Gasteiger partial charge in [-0.25, -0.2) is 8.78 Å². The van der Waals surface area contributed by atoms with Gasteiger partial charge in [0, 0.05) is 11.1 Å². The van der Waals surface area contributed by atoms with Crippen molar-refractivity contribution in [1.82, 2.24) is 0 Å². The number of rotatable bonds is 7. The highest BCUT2D eigenvalue weighted by molar-refractivity contribution is 5.66. The van der Waals surface area contributed by atoms with Crippen LogP contribution in [0.5, 0.6) is 5.75 Å². The summed E-state index contributed by atoms with van der Waals surface area (Å²) in [7, 11) is 0. The fourth-order valence-corrected chi connectivity index (χ4v) is 3.52. The molecule has 0 saturated carbocycles. The number of benzene rings is 2. The van der Waals surface area contributed by atoms with Crippen LogP contribution in [0.15, 0.2) is 30.3 Å². The lowest BCUT2D eigenvalue weighted by molar-refractivity contribution is -0.0198. The summed E-state index contributed by atoms with van der Waals surface area (Å²) in [5.74, 6) is -2.12. The number of hydrogen-bond donors (Lipinski definition) is 0. The SMILES string of the molecule is CCCCOc1ccc(-c2ccc(C3CCC(CC)CO3)c(F)c2)c(F)c1F. The Morgan fingerprint density at radius 2 is 1.86 bits per heavy atom. The van der Waals surface area contributed by atoms with Crippen molar-refractivity contribution in [2.75, 3.05) is 13.2 Å². The summed E-state index contributed by atoms with van der Waals surface area (Å²) in [5, 5.41) is 0. The quantitative estimate of drug-likeness (QED) is 0.481. The van der Waals surface area contributed by atoms with Gasteiger partial charge in [0.25, 0.3) is 0 Å². The van der Waals surface area contributed by atoms with E-state index in [0.29, 0.717) is 30.3 Å². The zero-order chi connectivity index (χ0) is 20.1. The fraction of sp³-hybridized carbons (Fsp3) is 0.478. The van der Waals surface area contributed by atoms with Gasteiger partial charge in [-0.15, -0.1) is 0 Å². The topological polar surface area (TPSA) is 18.5 Å². The van der Waals surface area contributed by atoms with Crippen LogP contribution in [0.3, 0.4) is 0 Å². The second-order valence-electron chi connectivity index (χ2n) is 7.35. The highest BCUT2D eigenvalue weighted by Crippen LogP contribution is 2.36. The van der Waals surface area contributed by atoms with Crippen molar-refractivity contribution in [1.29, 1.82) is 0 Å². The van der Waals surface area contributed by atoms with Crippen LogP contribution in [-0.4, -0.2) is 13.2 Å². The van der Waals surface area contributed by atoms with E-state index in [4.69, 9.17) is 9.47 Å². The van der Waals surface area contributed by atoms with Gasteiger partial charge in [-0.1, -0.05) is 38.8 Å². The summed E-state index contributed by atoms with van der Waals surface area (Å²) < 4.78 is 54.6. The normalized spacial score (nSPS) is 19.6. The maximum Gasteiger partial charge on any atom is 0.201 e. The minimum absolute atomic E-state index is 0.0152. The van der Waals surface area contributed by atoms with Crippen LogP contribution < -0.4 is 4.74 Å². The van der Waals surface area contributed by atoms with Gasteiger partial charge in [0.1, 0.15) is 5.82 Å². The molecule has 0 spiro atoms. The molecule has 2 aromatic carbocycles. The zero-order valence-corrected chi connectivity index (χ0v) is 16.4. The second kappa shape index (κ2) is 9.46. The molecule has 2 unspecified atom stereocenters. The van der Waals surface area contributed by atoms with Crippen molar-refractivity contribution in [3.63, 3.8) is 0 Å². The lowest BCUT2D eigenvalue weighted by Gasteiger charge is -2.29. The van der Waals surface area contributed by atoms with E-state index >= 15 is 0 Å². The molecule has 28 heavy (non-hydrogen) atoms. The molecule has 2 aromatic rings. The van der Waals surface area contributed by atoms with E-state index in [1.54, 1.807) is 12.1 Å². The molecule has 0 N–H and O–H groups in total. The molecular formula is C23H27F3O2. The van der Waals surface area contributed by atoms with Crippen LogP contribution in [0.2, 0.25) is 0 Å². The number of ether oxygens (including phenoxy) is 2. The van der Waals surface area contributed by atoms with Crippen LogP contribution in [0.4, 0.5) is 13.2 Å². The summed E-state index contributed by atoms with van der Waals surface area (Å²) in [6.45, 7) is 5.07. The van der Waals surface area contributed by atoms with Crippen LogP contribution in [0.1, 0.15) is 57.6 Å². The standard InChI is InChI=1S/C23H27F3O2/c1-3-5-12-27-21-11-9-17(22(25)23(21)26)16-7-8-18(19(24)13-16)20-10-6-15(4-2)14-28-20/h7-9,11,13,15,20H,3-6,10,12,14H2,1-2H3. The molecule has 152 valence electrons. The summed E-state index contributed by atoms with van der Waals surface area (Å²) in [4.78, 5) is 0. The summed E-state index contributed by atoms with van der Waals surface area (Å²) in [6.07, 6.45) is 4.20. The third-order valence-electron chi connectivity index (χ3n) is 5.41. The van der Waals surface area contributed by atoms with Gasteiger partial charge in [-0.3, -0.25) is 0 Å². The van der Waals surface area contributed by atoms with E-state index in [-0.39, 0.29) is 17.4 Å². The molecule has 0 bridgehead atoms. The smallest absolute Gasteiger partial charge is 0.201 e. The first-order chi connectivity index (χ1) is 13.5. The molecule has 1 aliphatic rings. The van der Waals surface area contributed by atoms with Crippen LogP contribution in [-0.2, 0) is 4.74 Å². The molecule has 1 aliphatic heterocycles. The van der Waals surface area contributed by atoms with Gasteiger partial charge < -0.3 is 9.47 Å². The Hall–Kier alpha value is -2.01. The van der Waals surface area contributed by atoms with E-state index < -0.39 is 17.5 Å². The lowest BCUT2D eigenvalue weighted by Crippen LogP contribution is -2.20. The van der Waals surface area contributed by atoms with E-state index in [2.05, 4.69) is 6.92 Å². The third kappa shape index (κ3) is 4.52. The number of unbranched alkanes of at least 4 members (excludes halogenated alkanes) is 1. The Morgan fingerprint density at radius 1 is 1.04 bits per heavy atom.